The number of nitrogens with zero attached hydrogens (tertiary/aromatic N) is 3. The molecule has 2 N–H and O–H groups in total. The van der Waals surface area contributed by atoms with Gasteiger partial charge in [0.1, 0.15) is 11.5 Å². The molecule has 0 spiro atoms. The molecule has 0 unspecified atom stereocenters. The molecule has 0 aliphatic heterocycles. The van der Waals surface area contributed by atoms with Gasteiger partial charge in [-0.05, 0) is 53.6 Å². The Bertz CT molecular complexity index is 1060. The standard InChI is InChI=1S/C21H15N3O2/c22-12-13-4-6-15(7-5-13)23-24-19-8-9-21(26)18-11-16-14(10-17(18)19)2-1-3-20(16)25/h1-9,25-26H,10-11H2. The molecule has 0 fully saturated rings. The first kappa shape index (κ1) is 15.9. The van der Waals surface area contributed by atoms with Gasteiger partial charge in [0.15, 0.2) is 0 Å². The molecular formula is C21H15N3O2. The monoisotopic (exact) mass is 341 g/mol. The highest BCUT2D eigenvalue weighted by molar-refractivity contribution is 5.63. The van der Waals surface area contributed by atoms with E-state index in [0.717, 1.165) is 22.3 Å². The zero-order chi connectivity index (χ0) is 18.1. The number of hydrogen-bond acceptors (Lipinski definition) is 5. The van der Waals surface area contributed by atoms with Crippen molar-refractivity contribution in [2.45, 2.75) is 12.8 Å². The molecule has 4 rings (SSSR count). The maximum atomic E-state index is 10.3. The van der Waals surface area contributed by atoms with Crippen LogP contribution in [-0.4, -0.2) is 10.2 Å². The molecule has 0 saturated heterocycles. The molecule has 0 saturated carbocycles. The predicted molar refractivity (Wildman–Crippen MR) is 97.2 cm³/mol. The van der Waals surface area contributed by atoms with Gasteiger partial charge in [0, 0.05) is 24.0 Å². The summed E-state index contributed by atoms with van der Waals surface area (Å²) in [6.07, 6.45) is 1.04. The molecular weight excluding hydrogens is 326 g/mol. The van der Waals surface area contributed by atoms with Gasteiger partial charge in [-0.25, -0.2) is 0 Å². The molecule has 1 aliphatic carbocycles. The number of phenols is 2. The van der Waals surface area contributed by atoms with E-state index in [1.54, 1.807) is 42.5 Å². The average molecular weight is 341 g/mol. The maximum absolute atomic E-state index is 10.3. The number of phenolic OH excluding ortho intramolecular Hbond substituents is 2. The van der Waals surface area contributed by atoms with Crippen LogP contribution in [0.25, 0.3) is 0 Å². The summed E-state index contributed by atoms with van der Waals surface area (Å²) in [5.74, 6) is 0.448. The normalized spacial score (nSPS) is 12.4. The lowest BCUT2D eigenvalue weighted by atomic mass is 9.84. The summed E-state index contributed by atoms with van der Waals surface area (Å²) in [7, 11) is 0. The predicted octanol–water partition coefficient (Wildman–Crippen LogP) is 4.88. The molecule has 26 heavy (non-hydrogen) atoms. The smallest absolute Gasteiger partial charge is 0.119 e. The minimum absolute atomic E-state index is 0.200. The Labute approximate surface area is 150 Å². The van der Waals surface area contributed by atoms with Gasteiger partial charge >= 0.3 is 0 Å². The molecule has 0 heterocycles. The van der Waals surface area contributed by atoms with Crippen LogP contribution in [0.1, 0.15) is 27.8 Å². The number of azo groups is 1. The van der Waals surface area contributed by atoms with Crippen molar-refractivity contribution in [3.8, 4) is 17.6 Å². The molecule has 0 atom stereocenters. The van der Waals surface area contributed by atoms with E-state index in [1.165, 1.54) is 0 Å². The van der Waals surface area contributed by atoms with Crippen molar-refractivity contribution in [3.63, 3.8) is 0 Å². The van der Waals surface area contributed by atoms with Gasteiger partial charge in [0.05, 0.1) is 23.0 Å². The fraction of sp³-hybridized carbons (Fsp3) is 0.0952. The van der Waals surface area contributed by atoms with E-state index in [0.29, 0.717) is 29.8 Å². The maximum Gasteiger partial charge on any atom is 0.119 e. The molecule has 0 radical (unpaired) electrons. The van der Waals surface area contributed by atoms with Crippen molar-refractivity contribution in [3.05, 3.63) is 82.4 Å². The van der Waals surface area contributed by atoms with Crippen LogP contribution in [0.15, 0.2) is 64.8 Å². The second-order valence-corrected chi connectivity index (χ2v) is 6.19. The molecule has 5 heteroatoms. The van der Waals surface area contributed by atoms with E-state index in [-0.39, 0.29) is 11.5 Å². The lowest BCUT2D eigenvalue weighted by Crippen LogP contribution is -2.08. The third kappa shape index (κ3) is 2.78. The summed E-state index contributed by atoms with van der Waals surface area (Å²) >= 11 is 0. The lowest BCUT2D eigenvalue weighted by Gasteiger charge is -2.22. The number of benzene rings is 3. The summed E-state index contributed by atoms with van der Waals surface area (Å²) in [5.41, 5.74) is 5.48. The summed E-state index contributed by atoms with van der Waals surface area (Å²) in [6.45, 7) is 0. The highest BCUT2D eigenvalue weighted by Crippen LogP contribution is 2.40. The Kier molecular flexibility index (Phi) is 3.86. The molecule has 3 aromatic carbocycles. The fourth-order valence-corrected chi connectivity index (χ4v) is 3.23. The summed E-state index contributed by atoms with van der Waals surface area (Å²) in [4.78, 5) is 0. The first-order valence-corrected chi connectivity index (χ1v) is 8.21. The van der Waals surface area contributed by atoms with Crippen LogP contribution in [0, 0.1) is 11.3 Å². The fourth-order valence-electron chi connectivity index (χ4n) is 3.23. The number of hydrogen-bond donors (Lipinski definition) is 2. The van der Waals surface area contributed by atoms with Crippen molar-refractivity contribution in [1.82, 2.24) is 0 Å². The molecule has 0 bridgehead atoms. The topological polar surface area (TPSA) is 89.0 Å². The van der Waals surface area contributed by atoms with Gasteiger partial charge < -0.3 is 10.2 Å². The summed E-state index contributed by atoms with van der Waals surface area (Å²) in [5, 5.41) is 37.8. The molecule has 0 aromatic heterocycles. The van der Waals surface area contributed by atoms with E-state index in [9.17, 15) is 10.2 Å². The largest absolute Gasteiger partial charge is 0.508 e. The van der Waals surface area contributed by atoms with E-state index in [1.807, 2.05) is 12.1 Å². The molecule has 126 valence electrons. The van der Waals surface area contributed by atoms with Crippen molar-refractivity contribution in [1.29, 1.82) is 5.26 Å². The third-order valence-corrected chi connectivity index (χ3v) is 4.62. The van der Waals surface area contributed by atoms with Crippen LogP contribution in [-0.2, 0) is 12.8 Å². The van der Waals surface area contributed by atoms with Crippen molar-refractivity contribution in [2.24, 2.45) is 10.2 Å². The number of aromatic hydroxyl groups is 2. The van der Waals surface area contributed by atoms with Gasteiger partial charge in [-0.15, -0.1) is 0 Å². The minimum Gasteiger partial charge on any atom is -0.508 e. The van der Waals surface area contributed by atoms with Crippen LogP contribution in [0.5, 0.6) is 11.5 Å². The third-order valence-electron chi connectivity index (χ3n) is 4.62. The van der Waals surface area contributed by atoms with Gasteiger partial charge in [-0.1, -0.05) is 12.1 Å². The minimum atomic E-state index is 0.200. The molecule has 3 aromatic rings. The van der Waals surface area contributed by atoms with Gasteiger partial charge in [-0.3, -0.25) is 0 Å². The van der Waals surface area contributed by atoms with Gasteiger partial charge in [0.2, 0.25) is 0 Å². The number of rotatable bonds is 2. The summed E-state index contributed by atoms with van der Waals surface area (Å²) < 4.78 is 0. The van der Waals surface area contributed by atoms with Crippen molar-refractivity contribution < 1.29 is 10.2 Å². The Morgan fingerprint density at radius 2 is 1.54 bits per heavy atom. The summed E-state index contributed by atoms with van der Waals surface area (Å²) in [6, 6.07) is 17.7. The van der Waals surface area contributed by atoms with Gasteiger partial charge in [0.25, 0.3) is 0 Å². The Hall–Kier alpha value is -3.65. The van der Waals surface area contributed by atoms with Gasteiger partial charge in [-0.2, -0.15) is 15.5 Å². The molecule has 0 amide bonds. The highest BCUT2D eigenvalue weighted by atomic mass is 16.3. The van der Waals surface area contributed by atoms with Crippen LogP contribution in [0.3, 0.4) is 0 Å². The zero-order valence-corrected chi connectivity index (χ0v) is 13.8. The quantitative estimate of drug-likeness (QED) is 0.509. The van der Waals surface area contributed by atoms with E-state index in [4.69, 9.17) is 5.26 Å². The lowest BCUT2D eigenvalue weighted by molar-refractivity contribution is 0.460. The highest BCUT2D eigenvalue weighted by Gasteiger charge is 2.23. The van der Waals surface area contributed by atoms with Crippen molar-refractivity contribution >= 4 is 11.4 Å². The Morgan fingerprint density at radius 1 is 0.769 bits per heavy atom. The first-order chi connectivity index (χ1) is 12.7. The van der Waals surface area contributed by atoms with Crippen LogP contribution in [0.4, 0.5) is 11.4 Å². The number of nitriles is 1. The Morgan fingerprint density at radius 3 is 2.31 bits per heavy atom. The van der Waals surface area contributed by atoms with E-state index >= 15 is 0 Å². The average Bonchev–Trinajstić information content (AvgIpc) is 2.67. The van der Waals surface area contributed by atoms with Crippen molar-refractivity contribution in [2.75, 3.05) is 0 Å². The number of fused-ring (bicyclic) bond motifs is 2. The SMILES string of the molecule is N#Cc1ccc(N=Nc2ccc(O)c3c2Cc2cccc(O)c2C3)cc1. The second kappa shape index (κ2) is 6.34. The molecule has 1 aliphatic rings. The van der Waals surface area contributed by atoms with Crippen LogP contribution in [0.2, 0.25) is 0 Å². The van der Waals surface area contributed by atoms with E-state index < -0.39 is 0 Å². The van der Waals surface area contributed by atoms with Crippen LogP contribution < -0.4 is 0 Å². The second-order valence-electron chi connectivity index (χ2n) is 6.19. The molecule has 5 nitrogen and oxygen atoms in total. The zero-order valence-electron chi connectivity index (χ0n) is 13.8. The van der Waals surface area contributed by atoms with E-state index in [2.05, 4.69) is 16.3 Å². The Balaban J connectivity index is 1.71. The van der Waals surface area contributed by atoms with Crippen LogP contribution >= 0.6 is 0 Å². The first-order valence-electron chi connectivity index (χ1n) is 8.21.